The molecule has 1 aromatic rings. The third-order valence-electron chi connectivity index (χ3n) is 4.03. The fourth-order valence-electron chi connectivity index (χ4n) is 2.93. The van der Waals surface area contributed by atoms with E-state index in [1.165, 1.54) is 12.8 Å². The van der Waals surface area contributed by atoms with Crippen LogP contribution in [0.25, 0.3) is 0 Å². The van der Waals surface area contributed by atoms with Gasteiger partial charge in [-0.05, 0) is 31.6 Å². The number of hydrogen-bond acceptors (Lipinski definition) is 2. The second-order valence-corrected chi connectivity index (χ2v) is 5.39. The van der Waals surface area contributed by atoms with E-state index in [1.807, 2.05) is 17.1 Å². The van der Waals surface area contributed by atoms with Crippen molar-refractivity contribution in [2.45, 2.75) is 64.5 Å². The molecule has 2 unspecified atom stereocenters. The largest absolute Gasteiger partial charge is 0.385 e. The molecule has 1 aliphatic rings. The highest BCUT2D eigenvalue weighted by molar-refractivity contribution is 5.16. The van der Waals surface area contributed by atoms with E-state index in [4.69, 9.17) is 0 Å². The second-order valence-electron chi connectivity index (χ2n) is 5.39. The fraction of sp³-hybridized carbons (Fsp3) is 0.786. The van der Waals surface area contributed by atoms with Gasteiger partial charge < -0.3 is 5.11 Å². The molecule has 1 saturated carbocycles. The summed E-state index contributed by atoms with van der Waals surface area (Å²) in [7, 11) is 0. The molecule has 0 radical (unpaired) electrons. The molecule has 1 fully saturated rings. The maximum atomic E-state index is 10.8. The van der Waals surface area contributed by atoms with Crippen LogP contribution in [0.15, 0.2) is 12.4 Å². The summed E-state index contributed by atoms with van der Waals surface area (Å²) in [5.74, 6) is 0.670. The molecule has 0 saturated heterocycles. The number of rotatable bonds is 4. The minimum Gasteiger partial charge on any atom is -0.385 e. The van der Waals surface area contributed by atoms with E-state index in [1.54, 1.807) is 0 Å². The van der Waals surface area contributed by atoms with Crippen molar-refractivity contribution in [2.24, 2.45) is 5.92 Å². The number of nitrogens with zero attached hydrogens (tertiary/aromatic N) is 2. The van der Waals surface area contributed by atoms with Gasteiger partial charge in [0, 0.05) is 18.3 Å². The van der Waals surface area contributed by atoms with E-state index in [2.05, 4.69) is 18.9 Å². The molecule has 0 bridgehead atoms. The van der Waals surface area contributed by atoms with Crippen LogP contribution in [0, 0.1) is 5.92 Å². The van der Waals surface area contributed by atoms with Gasteiger partial charge in [-0.1, -0.05) is 26.7 Å². The van der Waals surface area contributed by atoms with Crippen molar-refractivity contribution in [3.05, 3.63) is 18.0 Å². The highest BCUT2D eigenvalue weighted by atomic mass is 16.3. The van der Waals surface area contributed by atoms with Crippen LogP contribution in [0.1, 0.15) is 57.9 Å². The lowest BCUT2D eigenvalue weighted by Gasteiger charge is -2.36. The summed E-state index contributed by atoms with van der Waals surface area (Å²) in [4.78, 5) is 0. The Morgan fingerprint density at radius 2 is 2.35 bits per heavy atom. The summed E-state index contributed by atoms with van der Waals surface area (Å²) in [6, 6.07) is 0. The third-order valence-corrected chi connectivity index (χ3v) is 4.03. The standard InChI is InChI=1S/C14H24N2O/c1-3-8-16-11-13(10-15-16)14(17)7-5-6-12(4-2)9-14/h10-12,17H,3-9H2,1-2H3. The van der Waals surface area contributed by atoms with Gasteiger partial charge in [0.2, 0.25) is 0 Å². The van der Waals surface area contributed by atoms with E-state index in [9.17, 15) is 5.11 Å². The first-order chi connectivity index (χ1) is 8.18. The normalized spacial score (nSPS) is 29.5. The monoisotopic (exact) mass is 236 g/mol. The van der Waals surface area contributed by atoms with Gasteiger partial charge in [-0.15, -0.1) is 0 Å². The molecule has 2 atom stereocenters. The Hall–Kier alpha value is -0.830. The average Bonchev–Trinajstić information content (AvgIpc) is 2.79. The quantitative estimate of drug-likeness (QED) is 0.872. The molecular formula is C14H24N2O. The number of aliphatic hydroxyl groups is 1. The van der Waals surface area contributed by atoms with Crippen LogP contribution in [0.3, 0.4) is 0 Å². The first kappa shape index (κ1) is 12.6. The zero-order valence-electron chi connectivity index (χ0n) is 11.0. The van der Waals surface area contributed by atoms with E-state index < -0.39 is 5.60 Å². The molecule has 1 heterocycles. The molecule has 1 aromatic heterocycles. The van der Waals surface area contributed by atoms with Crippen molar-refractivity contribution in [1.29, 1.82) is 0 Å². The van der Waals surface area contributed by atoms with E-state index in [0.29, 0.717) is 5.92 Å². The van der Waals surface area contributed by atoms with Crippen molar-refractivity contribution in [3.63, 3.8) is 0 Å². The van der Waals surface area contributed by atoms with Crippen LogP contribution < -0.4 is 0 Å². The summed E-state index contributed by atoms with van der Waals surface area (Å²) in [5.41, 5.74) is 0.398. The molecule has 0 aromatic carbocycles. The van der Waals surface area contributed by atoms with Crippen molar-refractivity contribution in [3.8, 4) is 0 Å². The van der Waals surface area contributed by atoms with Gasteiger partial charge in [0.1, 0.15) is 0 Å². The van der Waals surface area contributed by atoms with Crippen molar-refractivity contribution in [1.82, 2.24) is 9.78 Å². The topological polar surface area (TPSA) is 38.0 Å². The SMILES string of the molecule is CCCn1cc(C2(O)CCCC(CC)C2)cn1. The van der Waals surface area contributed by atoms with Crippen molar-refractivity contribution < 1.29 is 5.11 Å². The molecule has 3 nitrogen and oxygen atoms in total. The Labute approximate surface area is 104 Å². The zero-order valence-corrected chi connectivity index (χ0v) is 11.0. The summed E-state index contributed by atoms with van der Waals surface area (Å²) in [5, 5.41) is 15.1. The maximum Gasteiger partial charge on any atom is 0.0929 e. The Balaban J connectivity index is 2.12. The van der Waals surface area contributed by atoms with Gasteiger partial charge in [-0.25, -0.2) is 0 Å². The summed E-state index contributed by atoms with van der Waals surface area (Å²) < 4.78 is 1.95. The van der Waals surface area contributed by atoms with E-state index in [0.717, 1.165) is 37.8 Å². The Morgan fingerprint density at radius 3 is 3.06 bits per heavy atom. The van der Waals surface area contributed by atoms with Crippen LogP contribution in [-0.2, 0) is 12.1 Å². The molecule has 96 valence electrons. The first-order valence-corrected chi connectivity index (χ1v) is 6.93. The lowest BCUT2D eigenvalue weighted by atomic mass is 9.74. The lowest BCUT2D eigenvalue weighted by Crippen LogP contribution is -2.32. The number of hydrogen-bond donors (Lipinski definition) is 1. The van der Waals surface area contributed by atoms with Gasteiger partial charge in [0.25, 0.3) is 0 Å². The van der Waals surface area contributed by atoms with Gasteiger partial charge >= 0.3 is 0 Å². The fourth-order valence-corrected chi connectivity index (χ4v) is 2.93. The Morgan fingerprint density at radius 1 is 1.53 bits per heavy atom. The molecule has 17 heavy (non-hydrogen) atoms. The maximum absolute atomic E-state index is 10.8. The van der Waals surface area contributed by atoms with Crippen molar-refractivity contribution >= 4 is 0 Å². The number of aryl methyl sites for hydroxylation is 1. The van der Waals surface area contributed by atoms with Gasteiger partial charge in [0.15, 0.2) is 0 Å². The zero-order chi connectivity index (χ0) is 12.3. The smallest absolute Gasteiger partial charge is 0.0929 e. The average molecular weight is 236 g/mol. The molecule has 1 N–H and O–H groups in total. The second kappa shape index (κ2) is 5.21. The third kappa shape index (κ3) is 2.71. The summed E-state index contributed by atoms with van der Waals surface area (Å²) in [6.07, 6.45) is 10.3. The predicted molar refractivity (Wildman–Crippen MR) is 68.7 cm³/mol. The van der Waals surface area contributed by atoms with E-state index >= 15 is 0 Å². The molecule has 0 spiro atoms. The molecular weight excluding hydrogens is 212 g/mol. The van der Waals surface area contributed by atoms with Crippen molar-refractivity contribution in [2.75, 3.05) is 0 Å². The van der Waals surface area contributed by atoms with Gasteiger partial charge in [0.05, 0.1) is 11.8 Å². The van der Waals surface area contributed by atoms with Crippen LogP contribution in [0.2, 0.25) is 0 Å². The number of aromatic nitrogens is 2. The molecule has 0 amide bonds. The van der Waals surface area contributed by atoms with Crippen LogP contribution in [-0.4, -0.2) is 14.9 Å². The molecule has 1 aliphatic carbocycles. The van der Waals surface area contributed by atoms with Gasteiger partial charge in [-0.3, -0.25) is 4.68 Å². The molecule has 3 heteroatoms. The van der Waals surface area contributed by atoms with E-state index in [-0.39, 0.29) is 0 Å². The molecule has 0 aliphatic heterocycles. The highest BCUT2D eigenvalue weighted by Crippen LogP contribution is 2.40. The van der Waals surface area contributed by atoms with Gasteiger partial charge in [-0.2, -0.15) is 5.10 Å². The summed E-state index contributed by atoms with van der Waals surface area (Å²) >= 11 is 0. The minimum atomic E-state index is -0.620. The lowest BCUT2D eigenvalue weighted by molar-refractivity contribution is -0.0217. The van der Waals surface area contributed by atoms with Crippen LogP contribution in [0.4, 0.5) is 0 Å². The predicted octanol–water partition coefficient (Wildman–Crippen LogP) is 3.08. The van der Waals surface area contributed by atoms with Crippen LogP contribution in [0.5, 0.6) is 0 Å². The Bertz CT molecular complexity index is 361. The highest BCUT2D eigenvalue weighted by Gasteiger charge is 2.36. The molecule has 2 rings (SSSR count). The van der Waals surface area contributed by atoms with Crippen LogP contribution >= 0.6 is 0 Å². The Kier molecular flexibility index (Phi) is 3.87. The minimum absolute atomic E-state index is 0.620. The summed E-state index contributed by atoms with van der Waals surface area (Å²) in [6.45, 7) is 5.30. The first-order valence-electron chi connectivity index (χ1n) is 6.93.